The van der Waals surface area contributed by atoms with E-state index >= 15 is 0 Å². The van der Waals surface area contributed by atoms with Crippen molar-refractivity contribution in [1.82, 2.24) is 9.47 Å². The normalized spacial score (nSPS) is 15.3. The van der Waals surface area contributed by atoms with Gasteiger partial charge in [0.25, 0.3) is 0 Å². The molecule has 0 spiro atoms. The molecule has 1 aliphatic heterocycles. The van der Waals surface area contributed by atoms with Crippen molar-refractivity contribution in [3.8, 4) is 17.2 Å². The highest BCUT2D eigenvalue weighted by Crippen LogP contribution is 2.34. The Hall–Kier alpha value is -3.19. The van der Waals surface area contributed by atoms with Gasteiger partial charge in [-0.2, -0.15) is 0 Å². The van der Waals surface area contributed by atoms with Crippen LogP contribution >= 0.6 is 0 Å². The average molecular weight is 424 g/mol. The van der Waals surface area contributed by atoms with Crippen molar-refractivity contribution in [1.29, 1.82) is 0 Å². The molecule has 1 amide bonds. The number of benzene rings is 2. The zero-order valence-electron chi connectivity index (χ0n) is 18.0. The van der Waals surface area contributed by atoms with Crippen molar-refractivity contribution in [2.45, 2.75) is 25.3 Å². The molecule has 1 fully saturated rings. The molecule has 3 aromatic rings. The Labute approximate surface area is 182 Å². The first-order valence-corrected chi connectivity index (χ1v) is 10.6. The number of aromatic hydroxyl groups is 1. The van der Waals surface area contributed by atoms with Crippen LogP contribution in [0, 0.1) is 0 Å². The number of carbonyl (C=O) groups excluding carboxylic acids is 1. The van der Waals surface area contributed by atoms with Gasteiger partial charge in [-0.05, 0) is 54.5 Å². The summed E-state index contributed by atoms with van der Waals surface area (Å²) in [4.78, 5) is 14.0. The lowest BCUT2D eigenvalue weighted by molar-refractivity contribution is 0.100. The Kier molecular flexibility index (Phi) is 6.04. The number of carbonyl (C=O) groups is 1. The van der Waals surface area contributed by atoms with Gasteiger partial charge in [-0.25, -0.2) is 0 Å². The maximum Gasteiger partial charge on any atom is 0.248 e. The van der Waals surface area contributed by atoms with Crippen LogP contribution in [-0.2, 0) is 6.42 Å². The summed E-state index contributed by atoms with van der Waals surface area (Å²) in [6.45, 7) is 2.83. The molecule has 164 valence electrons. The first kappa shape index (κ1) is 21.1. The molecule has 3 N–H and O–H groups in total. The van der Waals surface area contributed by atoms with Crippen LogP contribution in [0.1, 0.15) is 34.8 Å². The molecule has 0 bridgehead atoms. The van der Waals surface area contributed by atoms with Gasteiger partial charge in [-0.3, -0.25) is 4.79 Å². The minimum absolute atomic E-state index is 0.233. The van der Waals surface area contributed by atoms with E-state index in [1.54, 1.807) is 26.4 Å². The fourth-order valence-electron chi connectivity index (χ4n) is 4.43. The molecule has 1 aliphatic rings. The Morgan fingerprint density at radius 2 is 1.81 bits per heavy atom. The van der Waals surface area contributed by atoms with Crippen LogP contribution in [0.25, 0.3) is 10.9 Å². The maximum absolute atomic E-state index is 11.6. The van der Waals surface area contributed by atoms with E-state index in [2.05, 4.69) is 21.7 Å². The van der Waals surface area contributed by atoms with Crippen LogP contribution in [0.4, 0.5) is 0 Å². The topological polar surface area (TPSA) is 90.0 Å². The van der Waals surface area contributed by atoms with Gasteiger partial charge in [0.1, 0.15) is 5.75 Å². The summed E-state index contributed by atoms with van der Waals surface area (Å²) in [6.07, 6.45) is 4.91. The third-order valence-electron chi connectivity index (χ3n) is 6.24. The maximum atomic E-state index is 11.6. The monoisotopic (exact) mass is 423 g/mol. The second-order valence-corrected chi connectivity index (χ2v) is 8.02. The number of piperidine rings is 1. The molecular weight excluding hydrogens is 394 g/mol. The van der Waals surface area contributed by atoms with E-state index in [4.69, 9.17) is 15.2 Å². The molecule has 0 atom stereocenters. The van der Waals surface area contributed by atoms with Crippen LogP contribution in [0.5, 0.6) is 17.2 Å². The van der Waals surface area contributed by atoms with Gasteiger partial charge in [-0.15, -0.1) is 0 Å². The molecule has 1 aromatic heterocycles. The van der Waals surface area contributed by atoms with Gasteiger partial charge in [0.2, 0.25) is 5.91 Å². The van der Waals surface area contributed by atoms with Gasteiger partial charge < -0.3 is 29.8 Å². The van der Waals surface area contributed by atoms with Gasteiger partial charge in [-0.1, -0.05) is 6.07 Å². The summed E-state index contributed by atoms with van der Waals surface area (Å²) >= 11 is 0. The van der Waals surface area contributed by atoms with Crippen molar-refractivity contribution in [2.75, 3.05) is 33.9 Å². The summed E-state index contributed by atoms with van der Waals surface area (Å²) in [5, 5.41) is 11.4. The number of rotatable bonds is 7. The van der Waals surface area contributed by atoms with Crippen molar-refractivity contribution in [3.63, 3.8) is 0 Å². The van der Waals surface area contributed by atoms with E-state index in [0.717, 1.165) is 55.4 Å². The molecule has 31 heavy (non-hydrogen) atoms. The highest BCUT2D eigenvalue weighted by atomic mass is 16.5. The third kappa shape index (κ3) is 4.32. The molecular formula is C24H29N3O4. The highest BCUT2D eigenvalue weighted by Gasteiger charge is 2.22. The van der Waals surface area contributed by atoms with Gasteiger partial charge >= 0.3 is 0 Å². The third-order valence-corrected chi connectivity index (χ3v) is 6.24. The smallest absolute Gasteiger partial charge is 0.248 e. The molecule has 0 saturated carbocycles. The number of phenols is 1. The van der Waals surface area contributed by atoms with Crippen LogP contribution < -0.4 is 15.2 Å². The first-order chi connectivity index (χ1) is 15.0. The summed E-state index contributed by atoms with van der Waals surface area (Å²) in [5.41, 5.74) is 7.92. The molecule has 2 heterocycles. The molecule has 7 heteroatoms. The first-order valence-electron chi connectivity index (χ1n) is 10.6. The van der Waals surface area contributed by atoms with E-state index in [9.17, 15) is 9.90 Å². The van der Waals surface area contributed by atoms with Crippen LogP contribution in [0.3, 0.4) is 0 Å². The zero-order valence-corrected chi connectivity index (χ0v) is 18.0. The molecule has 4 rings (SSSR count). The number of phenolic OH excluding ortho intramolecular Hbond substituents is 1. The Morgan fingerprint density at radius 1 is 1.10 bits per heavy atom. The number of hydrogen-bond donors (Lipinski definition) is 2. The lowest BCUT2D eigenvalue weighted by Gasteiger charge is -2.33. The highest BCUT2D eigenvalue weighted by molar-refractivity contribution is 5.97. The van der Waals surface area contributed by atoms with E-state index in [0.29, 0.717) is 23.1 Å². The second kappa shape index (κ2) is 8.89. The van der Waals surface area contributed by atoms with E-state index < -0.39 is 5.91 Å². The van der Waals surface area contributed by atoms with Crippen LogP contribution in [-0.4, -0.2) is 54.3 Å². The zero-order chi connectivity index (χ0) is 22.0. The lowest BCUT2D eigenvalue weighted by atomic mass is 10.0. The van der Waals surface area contributed by atoms with Gasteiger partial charge in [0, 0.05) is 49.0 Å². The number of amides is 1. The molecule has 0 aliphatic carbocycles. The summed E-state index contributed by atoms with van der Waals surface area (Å²) in [6, 6.07) is 11.6. The minimum Gasteiger partial charge on any atom is -0.508 e. The quantitative estimate of drug-likeness (QED) is 0.608. The van der Waals surface area contributed by atoms with Crippen LogP contribution in [0.15, 0.2) is 42.6 Å². The van der Waals surface area contributed by atoms with Gasteiger partial charge in [0.05, 0.1) is 14.2 Å². The number of primary amides is 1. The molecule has 0 radical (unpaired) electrons. The summed E-state index contributed by atoms with van der Waals surface area (Å²) < 4.78 is 12.9. The number of aromatic nitrogens is 1. The molecule has 0 unspecified atom stereocenters. The number of methoxy groups -OCH3 is 2. The SMILES string of the molecule is COc1cc(O)c(CCN2CCC(n3ccc4ccc(C(N)=O)cc43)CC2)cc1OC. The van der Waals surface area contributed by atoms with Crippen molar-refractivity contribution in [3.05, 3.63) is 53.7 Å². The van der Waals surface area contributed by atoms with E-state index in [1.165, 1.54) is 0 Å². The number of nitrogens with zero attached hydrogens (tertiary/aromatic N) is 2. The van der Waals surface area contributed by atoms with Crippen molar-refractivity contribution in [2.24, 2.45) is 5.73 Å². The lowest BCUT2D eigenvalue weighted by Crippen LogP contribution is -2.35. The average Bonchev–Trinajstić information content (AvgIpc) is 3.21. The largest absolute Gasteiger partial charge is 0.508 e. The minimum atomic E-state index is -0.400. The van der Waals surface area contributed by atoms with Crippen molar-refractivity contribution < 1.29 is 19.4 Å². The molecule has 7 nitrogen and oxygen atoms in total. The molecule has 1 saturated heterocycles. The Balaban J connectivity index is 1.39. The number of nitrogens with two attached hydrogens (primary N) is 1. The number of likely N-dealkylation sites (tertiary alicyclic amines) is 1. The predicted molar refractivity (Wildman–Crippen MR) is 120 cm³/mol. The fraction of sp³-hybridized carbons (Fsp3) is 0.375. The second-order valence-electron chi connectivity index (χ2n) is 8.02. The predicted octanol–water partition coefficient (Wildman–Crippen LogP) is 3.34. The van der Waals surface area contributed by atoms with Crippen molar-refractivity contribution >= 4 is 16.8 Å². The number of hydrogen-bond acceptors (Lipinski definition) is 5. The summed E-state index contributed by atoms with van der Waals surface area (Å²) in [7, 11) is 3.16. The Bertz CT molecular complexity index is 1080. The standard InChI is InChI=1S/C24H29N3O4/c1-30-22-14-17(21(28)15-23(22)31-2)5-9-26-10-7-19(8-11-26)27-12-6-16-3-4-18(24(25)29)13-20(16)27/h3-4,6,12-15,19,28H,5,7-11H2,1-2H3,(H2,25,29). The number of ether oxygens (including phenoxy) is 2. The van der Waals surface area contributed by atoms with Gasteiger partial charge in [0.15, 0.2) is 11.5 Å². The van der Waals surface area contributed by atoms with E-state index in [1.807, 2.05) is 18.2 Å². The summed E-state index contributed by atoms with van der Waals surface area (Å²) in [5.74, 6) is 0.992. The van der Waals surface area contributed by atoms with E-state index in [-0.39, 0.29) is 5.75 Å². The fourth-order valence-corrected chi connectivity index (χ4v) is 4.43. The molecule has 2 aromatic carbocycles. The number of fused-ring (bicyclic) bond motifs is 1. The van der Waals surface area contributed by atoms with Crippen LogP contribution in [0.2, 0.25) is 0 Å². The Morgan fingerprint density at radius 3 is 2.48 bits per heavy atom.